The first-order valence-corrected chi connectivity index (χ1v) is 13.5. The quantitative estimate of drug-likeness (QED) is 0.408. The van der Waals surface area contributed by atoms with Crippen molar-refractivity contribution in [2.45, 2.75) is 43.8 Å². The molecule has 1 aromatic carbocycles. The summed E-state index contributed by atoms with van der Waals surface area (Å²) in [6.07, 6.45) is 0.904. The first kappa shape index (κ1) is 26.5. The molecule has 200 valence electrons. The Morgan fingerprint density at radius 2 is 2.03 bits per heavy atom. The van der Waals surface area contributed by atoms with Gasteiger partial charge in [-0.05, 0) is 49.8 Å². The monoisotopic (exact) mass is 561 g/mol. The van der Waals surface area contributed by atoms with Crippen LogP contribution in [0.5, 0.6) is 5.75 Å². The molecule has 1 saturated carbocycles. The molecule has 0 spiro atoms. The molecule has 7 nitrogen and oxygen atoms in total. The van der Waals surface area contributed by atoms with E-state index in [1.54, 1.807) is 28.5 Å². The average molecular weight is 562 g/mol. The van der Waals surface area contributed by atoms with Gasteiger partial charge in [0.2, 0.25) is 5.60 Å². The highest BCUT2D eigenvalue weighted by atomic mass is 35.5. The molecule has 38 heavy (non-hydrogen) atoms. The van der Waals surface area contributed by atoms with Gasteiger partial charge in [-0.2, -0.15) is 0 Å². The van der Waals surface area contributed by atoms with E-state index in [1.807, 2.05) is 12.1 Å². The molecule has 2 amide bonds. The molecule has 1 unspecified atom stereocenters. The van der Waals surface area contributed by atoms with Crippen LogP contribution < -0.4 is 15.0 Å². The lowest BCUT2D eigenvalue weighted by molar-refractivity contribution is -0.132. The zero-order valence-electron chi connectivity index (χ0n) is 20.5. The van der Waals surface area contributed by atoms with E-state index in [0.29, 0.717) is 41.3 Å². The van der Waals surface area contributed by atoms with Crippen molar-refractivity contribution in [1.29, 1.82) is 0 Å². The predicted octanol–water partition coefficient (Wildman–Crippen LogP) is 5.31. The maximum absolute atomic E-state index is 13.6. The molecule has 3 aromatic rings. The molecule has 1 aliphatic carbocycles. The first-order valence-electron chi connectivity index (χ1n) is 12.2. The number of halogens is 3. The SMILES string of the molecule is COc1csc(C2(O)C(=O)N(CC3CCC(NC(=O)c4cc(Cl)cnc4C(F)F)CC3)c3ccccc32)c1. The van der Waals surface area contributed by atoms with Crippen LogP contribution in [-0.2, 0) is 10.4 Å². The molecule has 3 heterocycles. The molecular weight excluding hydrogens is 536 g/mol. The molecule has 1 fully saturated rings. The third-order valence-electron chi connectivity index (χ3n) is 7.27. The Labute approximate surface area is 227 Å². The lowest BCUT2D eigenvalue weighted by Gasteiger charge is -2.32. The molecule has 5 rings (SSSR count). The summed E-state index contributed by atoms with van der Waals surface area (Å²) in [6.45, 7) is 0.426. The number of methoxy groups -OCH3 is 1. The van der Waals surface area contributed by atoms with E-state index >= 15 is 0 Å². The molecular formula is C27H26ClF2N3O4S. The number of anilines is 1. The van der Waals surface area contributed by atoms with E-state index in [4.69, 9.17) is 16.3 Å². The van der Waals surface area contributed by atoms with Gasteiger partial charge in [0.1, 0.15) is 11.4 Å². The number of hydrogen-bond acceptors (Lipinski definition) is 6. The second kappa shape index (κ2) is 10.6. The van der Waals surface area contributed by atoms with Crippen LogP contribution in [0.1, 0.15) is 58.6 Å². The zero-order chi connectivity index (χ0) is 27.0. The summed E-state index contributed by atoms with van der Waals surface area (Å²) in [6, 6.07) is 9.94. The second-order valence-corrected chi connectivity index (χ2v) is 10.9. The molecule has 11 heteroatoms. The number of alkyl halides is 2. The Kier molecular flexibility index (Phi) is 7.39. The van der Waals surface area contributed by atoms with Crippen molar-refractivity contribution in [1.82, 2.24) is 10.3 Å². The van der Waals surface area contributed by atoms with E-state index in [0.717, 1.165) is 19.0 Å². The van der Waals surface area contributed by atoms with Crippen LogP contribution in [0.2, 0.25) is 5.02 Å². The summed E-state index contributed by atoms with van der Waals surface area (Å²) < 4.78 is 31.9. The smallest absolute Gasteiger partial charge is 0.281 e. The Morgan fingerprint density at radius 3 is 2.71 bits per heavy atom. The number of nitrogens with one attached hydrogen (secondary N) is 1. The minimum Gasteiger partial charge on any atom is -0.496 e. The van der Waals surface area contributed by atoms with E-state index in [2.05, 4.69) is 10.3 Å². The molecule has 0 saturated heterocycles. The summed E-state index contributed by atoms with van der Waals surface area (Å²) >= 11 is 7.15. The number of amides is 2. The summed E-state index contributed by atoms with van der Waals surface area (Å²) in [4.78, 5) is 32.1. The number of rotatable bonds is 7. The minimum absolute atomic E-state index is 0.111. The number of pyridine rings is 1. The van der Waals surface area contributed by atoms with Crippen molar-refractivity contribution in [3.05, 3.63) is 74.7 Å². The lowest BCUT2D eigenvalue weighted by Crippen LogP contribution is -2.44. The van der Waals surface area contributed by atoms with Crippen LogP contribution in [0.4, 0.5) is 14.5 Å². The highest BCUT2D eigenvalue weighted by Crippen LogP contribution is 2.47. The number of aromatic nitrogens is 1. The molecule has 1 atom stereocenters. The number of nitrogens with zero attached hydrogens (tertiary/aromatic N) is 2. The number of carbonyl (C=O) groups is 2. The average Bonchev–Trinajstić information content (AvgIpc) is 3.48. The molecule has 2 N–H and O–H groups in total. The van der Waals surface area contributed by atoms with Crippen LogP contribution in [-0.4, -0.2) is 41.6 Å². The Hall–Kier alpha value is -3.08. The first-order chi connectivity index (χ1) is 18.2. The lowest BCUT2D eigenvalue weighted by atomic mass is 9.85. The number of fused-ring (bicyclic) bond motifs is 1. The van der Waals surface area contributed by atoms with Crippen LogP contribution in [0.15, 0.2) is 48.0 Å². The van der Waals surface area contributed by atoms with E-state index < -0.39 is 29.5 Å². The van der Waals surface area contributed by atoms with Gasteiger partial charge >= 0.3 is 0 Å². The van der Waals surface area contributed by atoms with Crippen molar-refractivity contribution in [3.8, 4) is 5.75 Å². The van der Waals surface area contributed by atoms with Crippen LogP contribution >= 0.6 is 22.9 Å². The highest BCUT2D eigenvalue weighted by molar-refractivity contribution is 7.10. The summed E-state index contributed by atoms with van der Waals surface area (Å²) in [5.41, 5.74) is -1.38. The van der Waals surface area contributed by atoms with Gasteiger partial charge in [0.15, 0.2) is 0 Å². The molecule has 2 aliphatic rings. The molecule has 2 aromatic heterocycles. The van der Waals surface area contributed by atoms with Crippen molar-refractivity contribution in [2.24, 2.45) is 5.92 Å². The van der Waals surface area contributed by atoms with Gasteiger partial charge in [-0.25, -0.2) is 8.78 Å². The van der Waals surface area contributed by atoms with Gasteiger partial charge in [-0.15, -0.1) is 11.3 Å². The maximum atomic E-state index is 13.6. The predicted molar refractivity (Wildman–Crippen MR) is 140 cm³/mol. The van der Waals surface area contributed by atoms with Crippen LogP contribution in [0, 0.1) is 5.92 Å². The zero-order valence-corrected chi connectivity index (χ0v) is 22.1. The topological polar surface area (TPSA) is 91.8 Å². The van der Waals surface area contributed by atoms with Gasteiger partial charge in [0.25, 0.3) is 18.2 Å². The molecule has 0 radical (unpaired) electrons. The van der Waals surface area contributed by atoms with E-state index in [1.165, 1.54) is 24.5 Å². The second-order valence-electron chi connectivity index (χ2n) is 9.57. The number of hydrogen-bond donors (Lipinski definition) is 2. The van der Waals surface area contributed by atoms with Crippen LogP contribution in [0.25, 0.3) is 0 Å². The van der Waals surface area contributed by atoms with Crippen molar-refractivity contribution in [3.63, 3.8) is 0 Å². The van der Waals surface area contributed by atoms with Gasteiger partial charge in [0.05, 0.1) is 28.3 Å². The number of benzene rings is 1. The summed E-state index contributed by atoms with van der Waals surface area (Å²) in [7, 11) is 1.54. The molecule has 1 aliphatic heterocycles. The Bertz CT molecular complexity index is 1360. The maximum Gasteiger partial charge on any atom is 0.281 e. The minimum atomic E-state index is -2.89. The normalized spacial score (nSPS) is 23.0. The summed E-state index contributed by atoms with van der Waals surface area (Å²) in [5.74, 6) is -0.299. The number of ether oxygens (including phenoxy) is 1. The number of carbonyl (C=O) groups excluding carboxylic acids is 2. The Balaban J connectivity index is 1.26. The van der Waals surface area contributed by atoms with Crippen molar-refractivity contribution >= 4 is 40.4 Å². The van der Waals surface area contributed by atoms with Gasteiger partial charge < -0.3 is 20.1 Å². The van der Waals surface area contributed by atoms with Crippen molar-refractivity contribution < 1.29 is 28.2 Å². The van der Waals surface area contributed by atoms with Gasteiger partial charge in [-0.1, -0.05) is 29.8 Å². The van der Waals surface area contributed by atoms with Gasteiger partial charge in [0, 0.05) is 29.7 Å². The standard InChI is InChI=1S/C27H26ClF2N3O4S/c1-37-18-11-22(38-14-18)27(36)20-4-2-3-5-21(20)33(26(27)35)13-15-6-8-17(9-7-15)32-25(34)19-10-16(28)12-31-23(19)24(29)30/h2-5,10-12,14-15,17,24,36H,6-9,13H2,1H3,(H,32,34). The van der Waals surface area contributed by atoms with E-state index in [9.17, 15) is 23.5 Å². The largest absolute Gasteiger partial charge is 0.496 e. The highest BCUT2D eigenvalue weighted by Gasteiger charge is 2.52. The fourth-order valence-electron chi connectivity index (χ4n) is 5.29. The van der Waals surface area contributed by atoms with Gasteiger partial charge in [-0.3, -0.25) is 14.6 Å². The number of para-hydroxylation sites is 1. The van der Waals surface area contributed by atoms with E-state index in [-0.39, 0.29) is 22.5 Å². The third kappa shape index (κ3) is 4.76. The number of thiophene rings is 1. The van der Waals surface area contributed by atoms with Crippen LogP contribution in [0.3, 0.4) is 0 Å². The molecule has 0 bridgehead atoms. The Morgan fingerprint density at radius 1 is 1.29 bits per heavy atom. The number of aliphatic hydroxyl groups is 1. The fraction of sp³-hybridized carbons (Fsp3) is 0.370. The summed E-state index contributed by atoms with van der Waals surface area (Å²) in [5, 5.41) is 16.4. The fourth-order valence-corrected chi connectivity index (χ4v) is 6.40. The van der Waals surface area contributed by atoms with Crippen molar-refractivity contribution in [2.75, 3.05) is 18.6 Å². The third-order valence-corrected chi connectivity index (χ3v) is 8.49.